The van der Waals surface area contributed by atoms with Crippen molar-refractivity contribution in [2.75, 3.05) is 6.61 Å². The van der Waals surface area contributed by atoms with Crippen LogP contribution in [-0.4, -0.2) is 46.1 Å². The minimum absolute atomic E-state index is 0.380. The molecule has 4 N–H and O–H groups in total. The van der Waals surface area contributed by atoms with E-state index in [4.69, 9.17) is 0 Å². The summed E-state index contributed by atoms with van der Waals surface area (Å²) in [7, 11) is 0. The normalized spacial score (nSPS) is 14.1. The van der Waals surface area contributed by atoms with E-state index in [0.29, 0.717) is 6.42 Å². The number of aliphatic hydroxyl groups excluding tert-OH is 3. The molecule has 0 aliphatic heterocycles. The summed E-state index contributed by atoms with van der Waals surface area (Å²) < 4.78 is 0. The van der Waals surface area contributed by atoms with Gasteiger partial charge in [0.15, 0.2) is 0 Å². The Bertz CT molecular complexity index is 734. The Balaban J connectivity index is 3.78. The molecule has 5 nitrogen and oxygen atoms in total. The van der Waals surface area contributed by atoms with Gasteiger partial charge in [-0.1, -0.05) is 192 Å². The van der Waals surface area contributed by atoms with E-state index in [9.17, 15) is 20.1 Å². The highest BCUT2D eigenvalue weighted by atomic mass is 16.3. The number of unbranched alkanes of at least 4 members (excludes halogenated alkanes) is 24. The van der Waals surface area contributed by atoms with E-state index in [-0.39, 0.29) is 6.61 Å². The molecule has 0 heterocycles. The molecule has 0 fully saturated rings. The minimum atomic E-state index is -1.10. The van der Waals surface area contributed by atoms with E-state index in [1.807, 2.05) is 6.08 Å². The van der Waals surface area contributed by atoms with Gasteiger partial charge >= 0.3 is 0 Å². The van der Waals surface area contributed by atoms with Crippen LogP contribution >= 0.6 is 0 Å². The lowest BCUT2D eigenvalue weighted by molar-refractivity contribution is -0.131. The lowest BCUT2D eigenvalue weighted by Crippen LogP contribution is -2.48. The van der Waals surface area contributed by atoms with Crippen LogP contribution in [0.3, 0.4) is 0 Å². The summed E-state index contributed by atoms with van der Waals surface area (Å²) in [6, 6.07) is -0.817. The zero-order chi connectivity index (χ0) is 34.5. The highest BCUT2D eigenvalue weighted by Crippen LogP contribution is 2.15. The van der Waals surface area contributed by atoms with Crippen molar-refractivity contribution < 1.29 is 20.1 Å². The number of hydrogen-bond acceptors (Lipinski definition) is 4. The smallest absolute Gasteiger partial charge is 0.249 e. The molecule has 3 unspecified atom stereocenters. The Hall–Kier alpha value is -1.43. The number of nitrogens with one attached hydrogen (secondary N) is 1. The summed E-state index contributed by atoms with van der Waals surface area (Å²) in [5.41, 5.74) is 0. The zero-order valence-corrected chi connectivity index (χ0v) is 31.2. The first-order valence-electron chi connectivity index (χ1n) is 20.3. The average Bonchev–Trinajstić information content (AvgIpc) is 3.07. The lowest BCUT2D eigenvalue weighted by atomic mass is 10.0. The number of carbonyl (C=O) groups is 1. The first kappa shape index (κ1) is 45.6. The fourth-order valence-electron chi connectivity index (χ4n) is 5.98. The Morgan fingerprint density at radius 2 is 0.872 bits per heavy atom. The molecule has 0 aliphatic rings. The fraction of sp³-hybridized carbons (Fsp3) is 0.833. The molecule has 0 saturated carbocycles. The molecule has 0 radical (unpaired) electrons. The molecule has 0 aliphatic carbocycles. The van der Waals surface area contributed by atoms with Gasteiger partial charge in [-0.05, 0) is 44.9 Å². The number of carbonyl (C=O) groups excluding carboxylic acids is 1. The first-order chi connectivity index (χ1) is 23.1. The Labute approximate surface area is 292 Å². The third kappa shape index (κ3) is 32.9. The largest absolute Gasteiger partial charge is 0.394 e. The van der Waals surface area contributed by atoms with Crippen molar-refractivity contribution in [3.63, 3.8) is 0 Å². The van der Waals surface area contributed by atoms with Gasteiger partial charge in [0, 0.05) is 0 Å². The maximum Gasteiger partial charge on any atom is 0.249 e. The molecule has 276 valence electrons. The van der Waals surface area contributed by atoms with Crippen molar-refractivity contribution in [3.8, 4) is 0 Å². The van der Waals surface area contributed by atoms with Crippen molar-refractivity contribution in [1.29, 1.82) is 0 Å². The van der Waals surface area contributed by atoms with Crippen LogP contribution in [0, 0.1) is 0 Å². The quantitative estimate of drug-likeness (QED) is 0.0397. The SMILES string of the molecule is CCCCCCCCC/C=C/CC/C=C/CC/C=C/C(O)C(CO)NC(=O)C(O)CCCCCCCCCCCCCCCCCC. The standard InChI is InChI=1S/C42H79NO4/c1-3-5-7-9-11-13-15-17-19-21-23-24-26-28-30-32-34-36-40(45)39(38-44)43-42(47)41(46)37-35-33-31-29-27-25-22-20-18-16-14-12-10-8-6-4-2/h19,21,26,28,34,36,39-41,44-46H,3-18,20,22-25,27,29-33,35,37-38H2,1-2H3,(H,43,47)/b21-19+,28-26+,36-34+. The van der Waals surface area contributed by atoms with E-state index in [1.165, 1.54) is 135 Å². The van der Waals surface area contributed by atoms with Crippen LogP contribution in [0.2, 0.25) is 0 Å². The molecular weight excluding hydrogens is 582 g/mol. The van der Waals surface area contributed by atoms with E-state index in [2.05, 4.69) is 43.5 Å². The maximum absolute atomic E-state index is 12.4. The molecule has 0 rings (SSSR count). The molecule has 0 bridgehead atoms. The molecular formula is C42H79NO4. The van der Waals surface area contributed by atoms with Crippen molar-refractivity contribution in [2.45, 2.75) is 218 Å². The number of aliphatic hydroxyl groups is 3. The molecule has 47 heavy (non-hydrogen) atoms. The van der Waals surface area contributed by atoms with E-state index in [1.54, 1.807) is 6.08 Å². The third-order valence-corrected chi connectivity index (χ3v) is 9.21. The predicted molar refractivity (Wildman–Crippen MR) is 204 cm³/mol. The Morgan fingerprint density at radius 1 is 0.511 bits per heavy atom. The van der Waals surface area contributed by atoms with Crippen LogP contribution in [-0.2, 0) is 4.79 Å². The molecule has 0 aromatic carbocycles. The summed E-state index contributed by atoms with van der Waals surface area (Å²) in [6.07, 6.45) is 45.9. The van der Waals surface area contributed by atoms with Crippen LogP contribution in [0.25, 0.3) is 0 Å². The van der Waals surface area contributed by atoms with Gasteiger partial charge in [0.2, 0.25) is 5.91 Å². The van der Waals surface area contributed by atoms with Gasteiger partial charge in [-0.25, -0.2) is 0 Å². The zero-order valence-electron chi connectivity index (χ0n) is 31.2. The van der Waals surface area contributed by atoms with E-state index < -0.39 is 24.2 Å². The summed E-state index contributed by atoms with van der Waals surface area (Å²) in [5, 5.41) is 33.0. The molecule has 1 amide bonds. The van der Waals surface area contributed by atoms with Gasteiger partial charge in [-0.3, -0.25) is 4.79 Å². The number of amides is 1. The fourth-order valence-corrected chi connectivity index (χ4v) is 5.98. The predicted octanol–water partition coefficient (Wildman–Crippen LogP) is 11.2. The first-order valence-corrected chi connectivity index (χ1v) is 20.3. The van der Waals surface area contributed by atoms with E-state index >= 15 is 0 Å². The van der Waals surface area contributed by atoms with Gasteiger partial charge in [-0.2, -0.15) is 0 Å². The van der Waals surface area contributed by atoms with Crippen LogP contribution in [0.15, 0.2) is 36.5 Å². The van der Waals surface area contributed by atoms with Gasteiger partial charge in [0.1, 0.15) is 6.10 Å². The van der Waals surface area contributed by atoms with Gasteiger partial charge < -0.3 is 20.6 Å². The summed E-state index contributed by atoms with van der Waals surface area (Å²) in [5.74, 6) is -0.517. The lowest BCUT2D eigenvalue weighted by Gasteiger charge is -2.21. The van der Waals surface area contributed by atoms with Crippen LogP contribution in [0.1, 0.15) is 200 Å². The Kier molecular flexibility index (Phi) is 36.3. The molecule has 5 heteroatoms. The van der Waals surface area contributed by atoms with Crippen molar-refractivity contribution in [3.05, 3.63) is 36.5 Å². The number of allylic oxidation sites excluding steroid dienone is 5. The average molecular weight is 662 g/mol. The highest BCUT2D eigenvalue weighted by Gasteiger charge is 2.22. The number of rotatable bonds is 36. The number of hydrogen-bond donors (Lipinski definition) is 4. The molecule has 0 spiro atoms. The van der Waals surface area contributed by atoms with Crippen molar-refractivity contribution >= 4 is 5.91 Å². The molecule has 3 atom stereocenters. The van der Waals surface area contributed by atoms with Crippen molar-refractivity contribution in [2.24, 2.45) is 0 Å². The van der Waals surface area contributed by atoms with Crippen molar-refractivity contribution in [1.82, 2.24) is 5.32 Å². The summed E-state index contributed by atoms with van der Waals surface area (Å²) in [6.45, 7) is 4.15. The highest BCUT2D eigenvalue weighted by molar-refractivity contribution is 5.80. The Morgan fingerprint density at radius 3 is 1.30 bits per heavy atom. The topological polar surface area (TPSA) is 89.8 Å². The second-order valence-corrected chi connectivity index (χ2v) is 13.8. The molecule has 0 aromatic rings. The molecule has 0 aromatic heterocycles. The van der Waals surface area contributed by atoms with Crippen LogP contribution < -0.4 is 5.32 Å². The summed E-state index contributed by atoms with van der Waals surface area (Å²) >= 11 is 0. The summed E-state index contributed by atoms with van der Waals surface area (Å²) in [4.78, 5) is 12.4. The molecule has 0 saturated heterocycles. The second-order valence-electron chi connectivity index (χ2n) is 13.8. The van der Waals surface area contributed by atoms with Gasteiger partial charge in [-0.15, -0.1) is 0 Å². The third-order valence-electron chi connectivity index (χ3n) is 9.21. The maximum atomic E-state index is 12.4. The van der Waals surface area contributed by atoms with Crippen LogP contribution in [0.4, 0.5) is 0 Å². The van der Waals surface area contributed by atoms with Gasteiger partial charge in [0.05, 0.1) is 18.8 Å². The van der Waals surface area contributed by atoms with Gasteiger partial charge in [0.25, 0.3) is 0 Å². The second kappa shape index (κ2) is 37.4. The van der Waals surface area contributed by atoms with E-state index in [0.717, 1.165) is 44.9 Å². The monoisotopic (exact) mass is 662 g/mol. The minimum Gasteiger partial charge on any atom is -0.394 e. The van der Waals surface area contributed by atoms with Crippen LogP contribution in [0.5, 0.6) is 0 Å².